The van der Waals surface area contributed by atoms with E-state index < -0.39 is 0 Å². The average molecular weight is 345 g/mol. The van der Waals surface area contributed by atoms with Crippen molar-refractivity contribution >= 4 is 6.21 Å². The number of rotatable bonds is 7. The Labute approximate surface area is 154 Å². The molecule has 0 aliphatic rings. The van der Waals surface area contributed by atoms with Gasteiger partial charge in [-0.05, 0) is 36.2 Å². The number of benzene rings is 3. The van der Waals surface area contributed by atoms with Crippen molar-refractivity contribution in [2.75, 3.05) is 7.11 Å². The third-order valence-electron chi connectivity index (χ3n) is 4.14. The van der Waals surface area contributed by atoms with Crippen LogP contribution in [0.2, 0.25) is 0 Å². The van der Waals surface area contributed by atoms with Crippen LogP contribution in [0.5, 0.6) is 11.5 Å². The van der Waals surface area contributed by atoms with Gasteiger partial charge in [0.25, 0.3) is 0 Å². The van der Waals surface area contributed by atoms with E-state index in [2.05, 4.69) is 24.0 Å². The molecule has 3 aromatic rings. The standard InChI is InChI=1S/C23H23NO2/c1-18(22-13-6-7-14-23(22)25-2)24-16-20-11-8-12-21(15-20)26-17-19-9-4-3-5-10-19/h3-16,18H,17H2,1-2H3. The molecule has 3 nitrogen and oxygen atoms in total. The van der Waals surface area contributed by atoms with E-state index in [1.54, 1.807) is 7.11 Å². The fourth-order valence-electron chi connectivity index (χ4n) is 2.72. The van der Waals surface area contributed by atoms with E-state index in [9.17, 15) is 0 Å². The number of hydrogen-bond donors (Lipinski definition) is 0. The molecule has 0 aliphatic heterocycles. The van der Waals surface area contributed by atoms with Crippen LogP contribution in [0.15, 0.2) is 83.9 Å². The molecule has 3 heteroatoms. The summed E-state index contributed by atoms with van der Waals surface area (Å²) in [5.41, 5.74) is 3.23. The van der Waals surface area contributed by atoms with Crippen LogP contribution in [0.1, 0.15) is 29.7 Å². The first-order valence-corrected chi connectivity index (χ1v) is 8.69. The molecule has 0 amide bonds. The molecule has 26 heavy (non-hydrogen) atoms. The van der Waals surface area contributed by atoms with Gasteiger partial charge >= 0.3 is 0 Å². The van der Waals surface area contributed by atoms with Crippen LogP contribution in [-0.2, 0) is 6.61 Å². The maximum absolute atomic E-state index is 5.88. The SMILES string of the molecule is COc1ccccc1C(C)N=Cc1cccc(OCc2ccccc2)c1. The third-order valence-corrected chi connectivity index (χ3v) is 4.14. The molecular formula is C23H23NO2. The molecular weight excluding hydrogens is 322 g/mol. The van der Waals surface area contributed by atoms with Crippen LogP contribution in [0.4, 0.5) is 0 Å². The Morgan fingerprint density at radius 3 is 2.50 bits per heavy atom. The summed E-state index contributed by atoms with van der Waals surface area (Å²) in [6, 6.07) is 26.1. The Morgan fingerprint density at radius 2 is 1.69 bits per heavy atom. The molecule has 0 saturated heterocycles. The fourth-order valence-corrected chi connectivity index (χ4v) is 2.72. The summed E-state index contributed by atoms with van der Waals surface area (Å²) in [5.74, 6) is 1.69. The Balaban J connectivity index is 1.67. The van der Waals surface area contributed by atoms with Gasteiger partial charge in [0.2, 0.25) is 0 Å². The van der Waals surface area contributed by atoms with Crippen molar-refractivity contribution in [2.45, 2.75) is 19.6 Å². The van der Waals surface area contributed by atoms with E-state index in [0.717, 1.165) is 28.2 Å². The van der Waals surface area contributed by atoms with E-state index in [1.165, 1.54) is 0 Å². The largest absolute Gasteiger partial charge is 0.496 e. The van der Waals surface area contributed by atoms with Gasteiger partial charge in [-0.2, -0.15) is 0 Å². The predicted octanol–water partition coefficient (Wildman–Crippen LogP) is 5.45. The molecule has 3 aromatic carbocycles. The first kappa shape index (κ1) is 17.7. The molecule has 0 heterocycles. The zero-order valence-corrected chi connectivity index (χ0v) is 15.1. The van der Waals surface area contributed by atoms with Gasteiger partial charge in [-0.15, -0.1) is 0 Å². The van der Waals surface area contributed by atoms with Gasteiger partial charge in [0.15, 0.2) is 0 Å². The number of ether oxygens (including phenoxy) is 2. The Kier molecular flexibility index (Phi) is 6.05. The molecule has 1 unspecified atom stereocenters. The van der Waals surface area contributed by atoms with E-state index in [0.29, 0.717) is 6.61 Å². The molecule has 0 N–H and O–H groups in total. The van der Waals surface area contributed by atoms with Crippen LogP contribution < -0.4 is 9.47 Å². The molecule has 0 aromatic heterocycles. The molecule has 0 fully saturated rings. The monoisotopic (exact) mass is 345 g/mol. The lowest BCUT2D eigenvalue weighted by Gasteiger charge is -2.11. The number of para-hydroxylation sites is 1. The van der Waals surface area contributed by atoms with Crippen LogP contribution in [0, 0.1) is 0 Å². The second-order valence-electron chi connectivity index (χ2n) is 6.04. The van der Waals surface area contributed by atoms with Crippen LogP contribution in [0.3, 0.4) is 0 Å². The minimum atomic E-state index is 0.0139. The molecule has 0 aliphatic carbocycles. The van der Waals surface area contributed by atoms with Gasteiger partial charge in [-0.3, -0.25) is 4.99 Å². The van der Waals surface area contributed by atoms with E-state index in [1.807, 2.05) is 72.9 Å². The summed E-state index contributed by atoms with van der Waals surface area (Å²) in [7, 11) is 1.68. The Morgan fingerprint density at radius 1 is 0.923 bits per heavy atom. The van der Waals surface area contributed by atoms with Crippen LogP contribution in [0.25, 0.3) is 0 Å². The maximum atomic E-state index is 5.88. The first-order valence-electron chi connectivity index (χ1n) is 8.69. The van der Waals surface area contributed by atoms with Crippen molar-refractivity contribution in [3.63, 3.8) is 0 Å². The summed E-state index contributed by atoms with van der Waals surface area (Å²) in [5, 5.41) is 0. The minimum absolute atomic E-state index is 0.0139. The number of aliphatic imine (C=N–C) groups is 1. The molecule has 132 valence electrons. The molecule has 0 bridgehead atoms. The lowest BCUT2D eigenvalue weighted by atomic mass is 10.1. The summed E-state index contributed by atoms with van der Waals surface area (Å²) < 4.78 is 11.3. The minimum Gasteiger partial charge on any atom is -0.496 e. The topological polar surface area (TPSA) is 30.8 Å². The summed E-state index contributed by atoms with van der Waals surface area (Å²) in [6.07, 6.45) is 1.88. The van der Waals surface area contributed by atoms with Crippen molar-refractivity contribution < 1.29 is 9.47 Å². The quantitative estimate of drug-likeness (QED) is 0.533. The lowest BCUT2D eigenvalue weighted by Crippen LogP contribution is -1.97. The average Bonchev–Trinajstić information content (AvgIpc) is 2.71. The molecule has 0 saturated carbocycles. The van der Waals surface area contributed by atoms with Gasteiger partial charge in [0.05, 0.1) is 13.2 Å². The van der Waals surface area contributed by atoms with Crippen LogP contribution >= 0.6 is 0 Å². The predicted molar refractivity (Wildman–Crippen MR) is 106 cm³/mol. The molecule has 3 rings (SSSR count). The van der Waals surface area contributed by atoms with Crippen molar-refractivity contribution in [1.29, 1.82) is 0 Å². The van der Waals surface area contributed by atoms with E-state index >= 15 is 0 Å². The number of hydrogen-bond acceptors (Lipinski definition) is 3. The zero-order valence-electron chi connectivity index (χ0n) is 15.1. The van der Waals surface area contributed by atoms with Gasteiger partial charge in [-0.25, -0.2) is 0 Å². The molecule has 0 spiro atoms. The van der Waals surface area contributed by atoms with E-state index in [4.69, 9.17) is 9.47 Å². The molecule has 0 radical (unpaired) electrons. The highest BCUT2D eigenvalue weighted by atomic mass is 16.5. The van der Waals surface area contributed by atoms with Gasteiger partial charge in [0.1, 0.15) is 18.1 Å². The highest BCUT2D eigenvalue weighted by Gasteiger charge is 2.08. The Bertz CT molecular complexity index is 859. The zero-order chi connectivity index (χ0) is 18.2. The van der Waals surface area contributed by atoms with Crippen molar-refractivity contribution in [2.24, 2.45) is 4.99 Å². The van der Waals surface area contributed by atoms with Gasteiger partial charge < -0.3 is 9.47 Å². The van der Waals surface area contributed by atoms with Gasteiger partial charge in [-0.1, -0.05) is 60.7 Å². The number of nitrogens with zero attached hydrogens (tertiary/aromatic N) is 1. The fraction of sp³-hybridized carbons (Fsp3) is 0.174. The lowest BCUT2D eigenvalue weighted by molar-refractivity contribution is 0.306. The first-order chi connectivity index (χ1) is 12.8. The summed E-state index contributed by atoms with van der Waals surface area (Å²) in [6.45, 7) is 2.61. The van der Waals surface area contributed by atoms with Crippen LogP contribution in [-0.4, -0.2) is 13.3 Å². The maximum Gasteiger partial charge on any atom is 0.124 e. The van der Waals surface area contributed by atoms with Gasteiger partial charge in [0, 0.05) is 11.8 Å². The van der Waals surface area contributed by atoms with Crippen molar-refractivity contribution in [1.82, 2.24) is 0 Å². The third kappa shape index (κ3) is 4.73. The highest BCUT2D eigenvalue weighted by Crippen LogP contribution is 2.27. The highest BCUT2D eigenvalue weighted by molar-refractivity contribution is 5.80. The van der Waals surface area contributed by atoms with Crippen molar-refractivity contribution in [3.05, 3.63) is 95.6 Å². The van der Waals surface area contributed by atoms with Crippen molar-refractivity contribution in [3.8, 4) is 11.5 Å². The normalized spacial score (nSPS) is 12.1. The molecule has 1 atom stereocenters. The second kappa shape index (κ2) is 8.86. The summed E-state index contributed by atoms with van der Waals surface area (Å²) >= 11 is 0. The smallest absolute Gasteiger partial charge is 0.124 e. The summed E-state index contributed by atoms with van der Waals surface area (Å²) in [4.78, 5) is 4.67. The van der Waals surface area contributed by atoms with E-state index in [-0.39, 0.29) is 6.04 Å². The number of methoxy groups -OCH3 is 1. The Hall–Kier alpha value is -3.07. The second-order valence-corrected chi connectivity index (χ2v) is 6.04.